The highest BCUT2D eigenvalue weighted by Crippen LogP contribution is 2.44. The second-order valence-corrected chi connectivity index (χ2v) is 6.37. The molecule has 0 fully saturated rings. The lowest BCUT2D eigenvalue weighted by Gasteiger charge is -2.35. The van der Waals surface area contributed by atoms with E-state index >= 15 is 0 Å². The average Bonchev–Trinajstić information content (AvgIpc) is 2.60. The predicted molar refractivity (Wildman–Crippen MR) is 88.7 cm³/mol. The highest BCUT2D eigenvalue weighted by atomic mass is 79.9. The molecule has 1 aromatic rings. The van der Waals surface area contributed by atoms with Crippen LogP contribution in [0.25, 0.3) is 0 Å². The molecule has 136 valence electrons. The van der Waals surface area contributed by atoms with Gasteiger partial charge in [-0.25, -0.2) is 0 Å². The Morgan fingerprint density at radius 3 is 2.52 bits per heavy atom. The molecule has 0 saturated heterocycles. The maximum atomic E-state index is 12.0. The first-order valence-corrected chi connectivity index (χ1v) is 8.25. The molecule has 8 heteroatoms. The summed E-state index contributed by atoms with van der Waals surface area (Å²) in [5.41, 5.74) is 0.918. The van der Waals surface area contributed by atoms with Gasteiger partial charge in [0.2, 0.25) is 0 Å². The highest BCUT2D eigenvalue weighted by molar-refractivity contribution is 9.10. The van der Waals surface area contributed by atoms with Gasteiger partial charge >= 0.3 is 18.1 Å². The Kier molecular flexibility index (Phi) is 8.31. The van der Waals surface area contributed by atoms with E-state index in [4.69, 9.17) is 23.8 Å². The third-order valence-electron chi connectivity index (χ3n) is 4.06. The van der Waals surface area contributed by atoms with E-state index in [9.17, 15) is 9.59 Å². The van der Waals surface area contributed by atoms with Crippen molar-refractivity contribution in [1.82, 2.24) is 0 Å². The number of esters is 2. The van der Waals surface area contributed by atoms with Crippen molar-refractivity contribution in [2.75, 3.05) is 20.8 Å². The molecular formula is C17H19BrO7. The van der Waals surface area contributed by atoms with Crippen LogP contribution in [0, 0.1) is 11.8 Å². The SMILES string of the molecule is COC(=O)CC1COc2cc(Br)ccc2C1C(C)C(=O)OC.O=C=O. The molecule has 0 radical (unpaired) electrons. The average molecular weight is 415 g/mol. The smallest absolute Gasteiger partial charge is 0.373 e. The fourth-order valence-electron chi connectivity index (χ4n) is 2.96. The van der Waals surface area contributed by atoms with Crippen molar-refractivity contribution in [2.24, 2.45) is 11.8 Å². The molecule has 0 bridgehead atoms. The lowest BCUT2D eigenvalue weighted by molar-refractivity contribution is -0.191. The van der Waals surface area contributed by atoms with E-state index in [2.05, 4.69) is 15.9 Å². The maximum absolute atomic E-state index is 12.0. The number of benzene rings is 1. The minimum atomic E-state index is -0.372. The molecule has 0 amide bonds. The van der Waals surface area contributed by atoms with Crippen LogP contribution < -0.4 is 4.74 Å². The van der Waals surface area contributed by atoms with Gasteiger partial charge in [-0.1, -0.05) is 28.9 Å². The molecule has 1 aliphatic rings. The molecule has 0 aliphatic carbocycles. The van der Waals surface area contributed by atoms with Gasteiger partial charge in [-0.05, 0) is 17.7 Å². The summed E-state index contributed by atoms with van der Waals surface area (Å²) in [7, 11) is 2.73. The van der Waals surface area contributed by atoms with E-state index in [1.54, 1.807) is 0 Å². The first-order valence-electron chi connectivity index (χ1n) is 7.45. The van der Waals surface area contributed by atoms with Crippen LogP contribution in [-0.2, 0) is 28.7 Å². The largest absolute Gasteiger partial charge is 0.493 e. The molecule has 1 aromatic carbocycles. The molecule has 7 nitrogen and oxygen atoms in total. The number of halogens is 1. The van der Waals surface area contributed by atoms with Gasteiger partial charge < -0.3 is 14.2 Å². The summed E-state index contributed by atoms with van der Waals surface area (Å²) in [6, 6.07) is 5.70. The fourth-order valence-corrected chi connectivity index (χ4v) is 3.30. The zero-order valence-corrected chi connectivity index (χ0v) is 15.7. The predicted octanol–water partition coefficient (Wildman–Crippen LogP) is 2.33. The topological polar surface area (TPSA) is 96.0 Å². The summed E-state index contributed by atoms with van der Waals surface area (Å²) in [5.74, 6) is -0.523. The Bertz CT molecular complexity index is 652. The van der Waals surface area contributed by atoms with Gasteiger partial charge in [0.15, 0.2) is 0 Å². The zero-order valence-electron chi connectivity index (χ0n) is 14.1. The van der Waals surface area contributed by atoms with Crippen LogP contribution >= 0.6 is 15.9 Å². The van der Waals surface area contributed by atoms with Crippen LogP contribution in [0.15, 0.2) is 22.7 Å². The van der Waals surface area contributed by atoms with E-state index < -0.39 is 0 Å². The third-order valence-corrected chi connectivity index (χ3v) is 4.56. The number of carbonyl (C=O) groups excluding carboxylic acids is 4. The van der Waals surface area contributed by atoms with Gasteiger partial charge in [0, 0.05) is 16.3 Å². The Morgan fingerprint density at radius 2 is 1.96 bits per heavy atom. The highest BCUT2D eigenvalue weighted by Gasteiger charge is 2.39. The second kappa shape index (κ2) is 9.96. The summed E-state index contributed by atoms with van der Waals surface area (Å²) in [6.45, 7) is 2.18. The van der Waals surface area contributed by atoms with E-state index in [1.165, 1.54) is 14.2 Å². The monoisotopic (exact) mass is 414 g/mol. The van der Waals surface area contributed by atoms with Crippen molar-refractivity contribution < 1.29 is 33.4 Å². The quantitative estimate of drug-likeness (QED) is 0.697. The van der Waals surface area contributed by atoms with Crippen molar-refractivity contribution in [2.45, 2.75) is 19.3 Å². The Balaban J connectivity index is 0.000000970. The van der Waals surface area contributed by atoms with Crippen molar-refractivity contribution in [1.29, 1.82) is 0 Å². The number of ether oxygens (including phenoxy) is 3. The maximum Gasteiger partial charge on any atom is 0.373 e. The molecule has 0 N–H and O–H groups in total. The molecular weight excluding hydrogens is 396 g/mol. The van der Waals surface area contributed by atoms with Gasteiger partial charge in [0.05, 0.1) is 33.2 Å². The van der Waals surface area contributed by atoms with Crippen LogP contribution in [0.5, 0.6) is 5.75 Å². The van der Waals surface area contributed by atoms with Crippen LogP contribution in [0.4, 0.5) is 0 Å². The summed E-state index contributed by atoms with van der Waals surface area (Å²) in [6.07, 6.45) is 0.456. The van der Waals surface area contributed by atoms with Crippen LogP contribution in [-0.4, -0.2) is 38.9 Å². The molecule has 3 unspecified atom stereocenters. The molecule has 2 rings (SSSR count). The summed E-state index contributed by atoms with van der Waals surface area (Å²) >= 11 is 3.41. The first-order chi connectivity index (χ1) is 11.9. The molecule has 25 heavy (non-hydrogen) atoms. The number of carbonyl (C=O) groups is 2. The number of hydrogen-bond donors (Lipinski definition) is 0. The lowest BCUT2D eigenvalue weighted by Crippen LogP contribution is -2.35. The first kappa shape index (κ1) is 20.9. The van der Waals surface area contributed by atoms with Crippen LogP contribution in [0.3, 0.4) is 0 Å². The van der Waals surface area contributed by atoms with E-state index in [0.717, 1.165) is 15.8 Å². The standard InChI is InChI=1S/C16H19BrO5.CO2/c1-9(16(19)21-3)15-10(6-14(18)20-2)8-22-13-7-11(17)4-5-12(13)15;2-1-3/h4-5,7,9-10,15H,6,8H2,1-3H3;. The number of fused-ring (bicyclic) bond motifs is 1. The van der Waals surface area contributed by atoms with E-state index in [-0.39, 0.29) is 42.3 Å². The van der Waals surface area contributed by atoms with Crippen molar-refractivity contribution in [3.8, 4) is 5.75 Å². The van der Waals surface area contributed by atoms with Crippen LogP contribution in [0.1, 0.15) is 24.8 Å². The molecule has 1 aliphatic heterocycles. The Morgan fingerprint density at radius 1 is 1.32 bits per heavy atom. The summed E-state index contributed by atoms with van der Waals surface area (Å²) in [5, 5.41) is 0. The van der Waals surface area contributed by atoms with Crippen molar-refractivity contribution >= 4 is 34.0 Å². The molecule has 0 saturated carbocycles. The Hall–Kier alpha value is -2.18. The van der Waals surface area contributed by atoms with Crippen LogP contribution in [0.2, 0.25) is 0 Å². The number of methoxy groups -OCH3 is 2. The van der Waals surface area contributed by atoms with Gasteiger partial charge in [0.1, 0.15) is 5.75 Å². The van der Waals surface area contributed by atoms with Gasteiger partial charge in [0.25, 0.3) is 0 Å². The zero-order chi connectivity index (χ0) is 19.0. The van der Waals surface area contributed by atoms with Crippen molar-refractivity contribution in [3.63, 3.8) is 0 Å². The second-order valence-electron chi connectivity index (χ2n) is 5.45. The minimum Gasteiger partial charge on any atom is -0.493 e. The van der Waals surface area contributed by atoms with E-state index in [0.29, 0.717) is 6.61 Å². The van der Waals surface area contributed by atoms with Gasteiger partial charge in [-0.2, -0.15) is 9.59 Å². The molecule has 3 atom stereocenters. The summed E-state index contributed by atoms with van der Waals surface area (Å²) in [4.78, 5) is 39.9. The lowest BCUT2D eigenvalue weighted by atomic mass is 9.75. The Labute approximate surface area is 153 Å². The van der Waals surface area contributed by atoms with Gasteiger partial charge in [-0.15, -0.1) is 0 Å². The minimum absolute atomic E-state index is 0.129. The normalized spacial score (nSPS) is 19.0. The van der Waals surface area contributed by atoms with E-state index in [1.807, 2.05) is 25.1 Å². The molecule has 1 heterocycles. The number of hydrogen-bond acceptors (Lipinski definition) is 7. The fraction of sp³-hybridized carbons (Fsp3) is 0.471. The van der Waals surface area contributed by atoms with Crippen molar-refractivity contribution in [3.05, 3.63) is 28.2 Å². The summed E-state index contributed by atoms with van der Waals surface area (Å²) < 4.78 is 16.3. The van der Waals surface area contributed by atoms with Gasteiger partial charge in [-0.3, -0.25) is 9.59 Å². The third kappa shape index (κ3) is 5.41. The number of rotatable bonds is 4. The molecule has 0 spiro atoms. The molecule has 0 aromatic heterocycles.